The molecule has 6 nitrogen and oxygen atoms in total. The molecule has 1 atom stereocenters. The number of hydrogen-bond donors (Lipinski definition) is 1. The van der Waals surface area contributed by atoms with Crippen molar-refractivity contribution in [2.24, 2.45) is 5.73 Å². The Hall–Kier alpha value is -3.41. The first-order valence-electron chi connectivity index (χ1n) is 7.80. The number of amides is 2. The minimum absolute atomic E-state index is 0.119. The van der Waals surface area contributed by atoms with Crippen LogP contribution in [0.15, 0.2) is 63.8 Å². The molecule has 0 saturated carbocycles. The summed E-state index contributed by atoms with van der Waals surface area (Å²) in [6, 6.07) is 14.2. The van der Waals surface area contributed by atoms with E-state index in [-0.39, 0.29) is 11.2 Å². The molecule has 1 aliphatic heterocycles. The van der Waals surface area contributed by atoms with Gasteiger partial charge < -0.3 is 10.2 Å². The number of rotatable bonds is 2. The molecule has 2 aromatic carbocycles. The first-order chi connectivity index (χ1) is 12.1. The summed E-state index contributed by atoms with van der Waals surface area (Å²) in [6.07, 6.45) is 0.342. The fourth-order valence-electron chi connectivity index (χ4n) is 3.19. The number of benzene rings is 2. The smallest absolute Gasteiger partial charge is 0.294 e. The van der Waals surface area contributed by atoms with Gasteiger partial charge in [-0.05, 0) is 23.8 Å². The van der Waals surface area contributed by atoms with Crippen molar-refractivity contribution in [3.8, 4) is 0 Å². The van der Waals surface area contributed by atoms with Gasteiger partial charge in [0.05, 0.1) is 5.39 Å². The molecule has 0 radical (unpaired) electrons. The lowest BCUT2D eigenvalue weighted by Gasteiger charge is -2.22. The minimum Gasteiger partial charge on any atom is -0.451 e. The first kappa shape index (κ1) is 15.1. The van der Waals surface area contributed by atoms with Crippen molar-refractivity contribution >= 4 is 28.5 Å². The second-order valence-electron chi connectivity index (χ2n) is 5.90. The van der Waals surface area contributed by atoms with Gasteiger partial charge in [-0.1, -0.05) is 30.3 Å². The zero-order valence-corrected chi connectivity index (χ0v) is 13.1. The molecule has 1 unspecified atom stereocenters. The molecule has 0 bridgehead atoms. The molecule has 2 amide bonds. The fraction of sp³-hybridized carbons (Fsp3) is 0.105. The van der Waals surface area contributed by atoms with Crippen LogP contribution in [0.1, 0.15) is 16.1 Å². The van der Waals surface area contributed by atoms with Crippen LogP contribution < -0.4 is 16.1 Å². The Kier molecular flexibility index (Phi) is 3.39. The van der Waals surface area contributed by atoms with E-state index in [0.29, 0.717) is 23.1 Å². The van der Waals surface area contributed by atoms with Crippen molar-refractivity contribution in [1.29, 1.82) is 0 Å². The van der Waals surface area contributed by atoms with Gasteiger partial charge in [0.25, 0.3) is 5.91 Å². The van der Waals surface area contributed by atoms with Crippen LogP contribution in [-0.2, 0) is 11.2 Å². The van der Waals surface area contributed by atoms with E-state index in [9.17, 15) is 14.4 Å². The zero-order chi connectivity index (χ0) is 17.6. The van der Waals surface area contributed by atoms with E-state index in [2.05, 4.69) is 0 Å². The van der Waals surface area contributed by atoms with Crippen LogP contribution in [0.4, 0.5) is 5.69 Å². The van der Waals surface area contributed by atoms with Crippen LogP contribution in [0.5, 0.6) is 0 Å². The third kappa shape index (κ3) is 2.39. The topological polar surface area (TPSA) is 93.6 Å². The standard InChI is InChI=1S/C19H14N2O4/c20-18(23)14-9-11-5-1-3-7-13(11)21(14)19(24)17-10-15(22)12-6-2-4-8-16(12)25-17/h1-8,10,14H,9H2,(H2,20,23). The summed E-state index contributed by atoms with van der Waals surface area (Å²) >= 11 is 0. The minimum atomic E-state index is -0.804. The van der Waals surface area contributed by atoms with E-state index < -0.39 is 17.9 Å². The number of carbonyl (C=O) groups is 2. The van der Waals surface area contributed by atoms with Crippen LogP contribution in [0.25, 0.3) is 11.0 Å². The molecular weight excluding hydrogens is 320 g/mol. The third-order valence-electron chi connectivity index (χ3n) is 4.37. The van der Waals surface area contributed by atoms with Crippen LogP contribution >= 0.6 is 0 Å². The lowest BCUT2D eigenvalue weighted by atomic mass is 10.1. The largest absolute Gasteiger partial charge is 0.451 e. The average molecular weight is 334 g/mol. The molecule has 25 heavy (non-hydrogen) atoms. The quantitative estimate of drug-likeness (QED) is 0.774. The molecule has 6 heteroatoms. The Morgan fingerprint density at radius 1 is 1.08 bits per heavy atom. The zero-order valence-electron chi connectivity index (χ0n) is 13.1. The van der Waals surface area contributed by atoms with Crippen LogP contribution in [0, 0.1) is 0 Å². The molecule has 1 aliphatic rings. The predicted molar refractivity (Wildman–Crippen MR) is 92.4 cm³/mol. The lowest BCUT2D eigenvalue weighted by Crippen LogP contribution is -2.46. The normalized spacial score (nSPS) is 16.0. The van der Waals surface area contributed by atoms with Crippen molar-refractivity contribution < 1.29 is 14.0 Å². The number of anilines is 1. The van der Waals surface area contributed by atoms with Gasteiger partial charge in [0.15, 0.2) is 11.2 Å². The molecule has 0 spiro atoms. The highest BCUT2D eigenvalue weighted by Gasteiger charge is 2.38. The molecule has 2 N–H and O–H groups in total. The highest BCUT2D eigenvalue weighted by atomic mass is 16.3. The maximum absolute atomic E-state index is 13.0. The van der Waals surface area contributed by atoms with Gasteiger partial charge in [-0.25, -0.2) is 0 Å². The average Bonchev–Trinajstić information content (AvgIpc) is 3.01. The SMILES string of the molecule is NC(=O)C1Cc2ccccc2N1C(=O)c1cc(=O)c2ccccc2o1. The third-order valence-corrected chi connectivity index (χ3v) is 4.37. The van der Waals surface area contributed by atoms with Gasteiger partial charge in [0.2, 0.25) is 5.91 Å². The molecule has 0 fully saturated rings. The van der Waals surface area contributed by atoms with Gasteiger partial charge in [-0.2, -0.15) is 0 Å². The van der Waals surface area contributed by atoms with Crippen molar-refractivity contribution in [3.05, 3.63) is 76.1 Å². The summed E-state index contributed by atoms with van der Waals surface area (Å²) in [7, 11) is 0. The molecule has 124 valence electrons. The molecule has 0 aliphatic carbocycles. The number of nitrogens with two attached hydrogens (primary N) is 1. The summed E-state index contributed by atoms with van der Waals surface area (Å²) in [5.41, 5.74) is 6.94. The maximum Gasteiger partial charge on any atom is 0.294 e. The number of carbonyl (C=O) groups excluding carboxylic acids is 2. The van der Waals surface area contributed by atoms with Crippen molar-refractivity contribution in [2.75, 3.05) is 4.90 Å². The Bertz CT molecular complexity index is 1070. The number of hydrogen-bond acceptors (Lipinski definition) is 4. The van der Waals surface area contributed by atoms with E-state index in [1.807, 2.05) is 12.1 Å². The highest BCUT2D eigenvalue weighted by Crippen LogP contribution is 2.33. The van der Waals surface area contributed by atoms with Gasteiger partial charge in [-0.15, -0.1) is 0 Å². The van der Waals surface area contributed by atoms with Gasteiger partial charge in [0.1, 0.15) is 11.6 Å². The summed E-state index contributed by atoms with van der Waals surface area (Å²) in [5, 5.41) is 0.396. The second kappa shape index (κ2) is 5.59. The van der Waals surface area contributed by atoms with E-state index >= 15 is 0 Å². The number of fused-ring (bicyclic) bond motifs is 2. The summed E-state index contributed by atoms with van der Waals surface area (Å²) < 4.78 is 5.62. The monoisotopic (exact) mass is 334 g/mol. The molecule has 4 rings (SSSR count). The molecule has 2 heterocycles. The van der Waals surface area contributed by atoms with E-state index in [0.717, 1.165) is 11.6 Å². The molecular formula is C19H14N2O4. The van der Waals surface area contributed by atoms with Crippen LogP contribution in [-0.4, -0.2) is 17.9 Å². The summed E-state index contributed by atoms with van der Waals surface area (Å²) in [4.78, 5) is 38.4. The number of para-hydroxylation sites is 2. The molecule has 1 aromatic heterocycles. The van der Waals surface area contributed by atoms with Gasteiger partial charge in [-0.3, -0.25) is 19.3 Å². The Labute approximate surface area is 142 Å². The lowest BCUT2D eigenvalue weighted by molar-refractivity contribution is -0.119. The maximum atomic E-state index is 13.0. The molecule has 3 aromatic rings. The Balaban J connectivity index is 1.84. The van der Waals surface area contributed by atoms with Crippen molar-refractivity contribution in [2.45, 2.75) is 12.5 Å². The van der Waals surface area contributed by atoms with Crippen LogP contribution in [0.2, 0.25) is 0 Å². The fourth-order valence-corrected chi connectivity index (χ4v) is 3.19. The predicted octanol–water partition coefficient (Wildman–Crippen LogP) is 1.85. The van der Waals surface area contributed by atoms with Crippen molar-refractivity contribution in [1.82, 2.24) is 0 Å². The highest BCUT2D eigenvalue weighted by molar-refractivity contribution is 6.10. The van der Waals surface area contributed by atoms with Crippen LogP contribution in [0.3, 0.4) is 0 Å². The first-order valence-corrected chi connectivity index (χ1v) is 7.80. The number of primary amides is 1. The van der Waals surface area contributed by atoms with Gasteiger partial charge in [0, 0.05) is 18.2 Å². The Morgan fingerprint density at radius 3 is 2.60 bits per heavy atom. The van der Waals surface area contributed by atoms with E-state index in [4.69, 9.17) is 10.2 Å². The summed E-state index contributed by atoms with van der Waals surface area (Å²) in [5.74, 6) is -1.28. The van der Waals surface area contributed by atoms with E-state index in [1.165, 1.54) is 4.90 Å². The molecule has 0 saturated heterocycles. The second-order valence-corrected chi connectivity index (χ2v) is 5.90. The summed E-state index contributed by atoms with van der Waals surface area (Å²) in [6.45, 7) is 0. The number of nitrogens with zero attached hydrogens (tertiary/aromatic N) is 1. The van der Waals surface area contributed by atoms with Crippen molar-refractivity contribution in [3.63, 3.8) is 0 Å². The van der Waals surface area contributed by atoms with Gasteiger partial charge >= 0.3 is 0 Å². The van der Waals surface area contributed by atoms with E-state index in [1.54, 1.807) is 36.4 Å². The Morgan fingerprint density at radius 2 is 1.80 bits per heavy atom.